The van der Waals surface area contributed by atoms with Crippen LogP contribution in [0, 0.1) is 11.8 Å². The molecule has 10 heteroatoms. The van der Waals surface area contributed by atoms with E-state index in [9.17, 15) is 18.3 Å². The number of ether oxygens (including phenoxy) is 1. The number of rotatable bonds is 9. The Labute approximate surface area is 224 Å². The zero-order valence-corrected chi connectivity index (χ0v) is 23.6. The van der Waals surface area contributed by atoms with Crippen molar-refractivity contribution in [3.05, 3.63) is 41.3 Å². The lowest BCUT2D eigenvalue weighted by Gasteiger charge is -2.39. The molecule has 37 heavy (non-hydrogen) atoms. The molecule has 1 aromatic carbocycles. The van der Waals surface area contributed by atoms with Crippen LogP contribution in [0.1, 0.15) is 56.3 Å². The normalized spacial score (nSPS) is 22.2. The van der Waals surface area contributed by atoms with Gasteiger partial charge < -0.3 is 19.6 Å². The summed E-state index contributed by atoms with van der Waals surface area (Å²) in [5, 5.41) is 11.6. The molecule has 2 aromatic rings. The second-order valence-electron chi connectivity index (χ2n) is 10.6. The number of anilines is 1. The maximum atomic E-state index is 13.6. The lowest BCUT2D eigenvalue weighted by atomic mass is 9.89. The first-order chi connectivity index (χ1) is 17.7. The smallest absolute Gasteiger partial charge is 0.271 e. The highest BCUT2D eigenvalue weighted by molar-refractivity contribution is 7.94. The highest BCUT2D eigenvalue weighted by Gasteiger charge is 2.35. The number of carbonyl (C=O) groups is 1. The lowest BCUT2D eigenvalue weighted by Crippen LogP contribution is -2.50. The number of nitrogens with zero attached hydrogens (tertiary/aromatic N) is 2. The van der Waals surface area contributed by atoms with Crippen LogP contribution in [-0.2, 0) is 10.0 Å². The molecule has 2 heterocycles. The standard InChI is InChI=1S/C27H39N3O5S2/c1-19-15-30(20(2)18-31)27(32)22-11-7-12-23(28-37(33,34)25-13-8-14-36-25)26(22)35-24(19)17-29(3)16-21-9-5-4-6-10-21/h7-8,11-14,19-21,24,28,31H,4-6,9-10,15-18H2,1-3H3/t19-,20+,24-/m1/s1. The number of likely N-dealkylation sites (N-methyl/N-ethyl adjacent to an activating group) is 1. The molecule has 1 aliphatic carbocycles. The Bertz CT molecular complexity index is 1150. The van der Waals surface area contributed by atoms with Crippen molar-refractivity contribution < 1.29 is 23.1 Å². The SMILES string of the molecule is C[C@@H]1CN([C@@H](C)CO)C(=O)c2cccc(NS(=O)(=O)c3cccs3)c2O[C@@H]1CN(C)CC1CCCCC1. The summed E-state index contributed by atoms with van der Waals surface area (Å²) in [6, 6.07) is 7.80. The molecule has 0 saturated heterocycles. The minimum Gasteiger partial charge on any atom is -0.486 e. The van der Waals surface area contributed by atoms with Gasteiger partial charge in [-0.2, -0.15) is 0 Å². The van der Waals surface area contributed by atoms with E-state index < -0.39 is 10.0 Å². The Morgan fingerprint density at radius 1 is 1.19 bits per heavy atom. The number of nitrogens with one attached hydrogen (secondary N) is 1. The first-order valence-electron chi connectivity index (χ1n) is 13.2. The molecule has 1 saturated carbocycles. The average molecular weight is 550 g/mol. The minimum atomic E-state index is -3.84. The Balaban J connectivity index is 1.67. The third-order valence-electron chi connectivity index (χ3n) is 7.48. The molecule has 0 radical (unpaired) electrons. The van der Waals surface area contributed by atoms with Crippen molar-refractivity contribution >= 4 is 33.0 Å². The van der Waals surface area contributed by atoms with E-state index in [4.69, 9.17) is 4.74 Å². The summed E-state index contributed by atoms with van der Waals surface area (Å²) in [6.45, 7) is 5.78. The van der Waals surface area contributed by atoms with Crippen LogP contribution in [-0.4, -0.2) is 74.7 Å². The number of thiophene rings is 1. The van der Waals surface area contributed by atoms with Gasteiger partial charge in [-0.1, -0.05) is 38.3 Å². The Morgan fingerprint density at radius 3 is 2.62 bits per heavy atom. The van der Waals surface area contributed by atoms with Gasteiger partial charge in [0.05, 0.1) is 23.9 Å². The van der Waals surface area contributed by atoms with Crippen LogP contribution in [0.5, 0.6) is 5.75 Å². The van der Waals surface area contributed by atoms with Gasteiger partial charge >= 0.3 is 0 Å². The first-order valence-corrected chi connectivity index (χ1v) is 15.5. The number of sulfonamides is 1. The Hall–Kier alpha value is -2.14. The molecular weight excluding hydrogens is 510 g/mol. The van der Waals surface area contributed by atoms with Crippen molar-refractivity contribution in [2.24, 2.45) is 11.8 Å². The molecule has 0 unspecified atom stereocenters. The number of hydrogen-bond acceptors (Lipinski definition) is 7. The maximum absolute atomic E-state index is 13.6. The number of aliphatic hydroxyl groups excluding tert-OH is 1. The Kier molecular flexibility index (Phi) is 9.15. The predicted octanol–water partition coefficient (Wildman–Crippen LogP) is 4.28. The van der Waals surface area contributed by atoms with Crippen molar-refractivity contribution in [3.63, 3.8) is 0 Å². The largest absolute Gasteiger partial charge is 0.486 e. The van der Waals surface area contributed by atoms with Gasteiger partial charge in [0, 0.05) is 25.6 Å². The molecule has 3 atom stereocenters. The van der Waals surface area contributed by atoms with E-state index in [0.717, 1.165) is 17.9 Å². The molecule has 1 amide bonds. The molecular formula is C27H39N3O5S2. The van der Waals surface area contributed by atoms with Gasteiger partial charge in [-0.05, 0) is 56.3 Å². The molecule has 1 aromatic heterocycles. The average Bonchev–Trinajstić information content (AvgIpc) is 3.43. The monoisotopic (exact) mass is 549 g/mol. The van der Waals surface area contributed by atoms with Gasteiger partial charge in [0.25, 0.3) is 15.9 Å². The molecule has 2 N–H and O–H groups in total. The zero-order chi connectivity index (χ0) is 26.6. The van der Waals surface area contributed by atoms with Crippen molar-refractivity contribution in [1.82, 2.24) is 9.80 Å². The van der Waals surface area contributed by atoms with Crippen LogP contribution in [0.4, 0.5) is 5.69 Å². The highest BCUT2D eigenvalue weighted by atomic mass is 32.2. The van der Waals surface area contributed by atoms with Crippen LogP contribution in [0.2, 0.25) is 0 Å². The van der Waals surface area contributed by atoms with Crippen molar-refractivity contribution in [2.45, 2.75) is 62.3 Å². The number of carbonyl (C=O) groups excluding carboxylic acids is 1. The number of amides is 1. The van der Waals surface area contributed by atoms with Gasteiger partial charge in [-0.15, -0.1) is 11.3 Å². The molecule has 204 valence electrons. The molecule has 0 spiro atoms. The molecule has 4 rings (SSSR count). The highest BCUT2D eigenvalue weighted by Crippen LogP contribution is 2.36. The summed E-state index contributed by atoms with van der Waals surface area (Å²) in [5.74, 6) is 0.595. The topological polar surface area (TPSA) is 99.2 Å². The summed E-state index contributed by atoms with van der Waals surface area (Å²) in [7, 11) is -1.73. The van der Waals surface area contributed by atoms with Crippen LogP contribution < -0.4 is 9.46 Å². The molecule has 0 bridgehead atoms. The van der Waals surface area contributed by atoms with Crippen molar-refractivity contribution in [3.8, 4) is 5.75 Å². The fraction of sp³-hybridized carbons (Fsp3) is 0.593. The van der Waals surface area contributed by atoms with E-state index >= 15 is 0 Å². The van der Waals surface area contributed by atoms with Crippen molar-refractivity contribution in [1.29, 1.82) is 0 Å². The molecule has 8 nitrogen and oxygen atoms in total. The quantitative estimate of drug-likeness (QED) is 0.484. The maximum Gasteiger partial charge on any atom is 0.271 e. The lowest BCUT2D eigenvalue weighted by molar-refractivity contribution is 0.0333. The number of benzene rings is 1. The van der Waals surface area contributed by atoms with Gasteiger partial charge in [0.15, 0.2) is 5.75 Å². The van der Waals surface area contributed by atoms with E-state index in [1.54, 1.807) is 40.6 Å². The Morgan fingerprint density at radius 2 is 1.95 bits per heavy atom. The fourth-order valence-corrected chi connectivity index (χ4v) is 7.40. The number of fused-ring (bicyclic) bond motifs is 1. The third-order valence-corrected chi connectivity index (χ3v) is 10.2. The minimum absolute atomic E-state index is 0.0399. The fourth-order valence-electron chi connectivity index (χ4n) is 5.35. The van der Waals surface area contributed by atoms with Crippen LogP contribution in [0.15, 0.2) is 39.9 Å². The summed E-state index contributed by atoms with van der Waals surface area (Å²) in [5.41, 5.74) is 0.531. The van der Waals surface area contributed by atoms with E-state index in [1.807, 2.05) is 13.8 Å². The summed E-state index contributed by atoms with van der Waals surface area (Å²) in [4.78, 5) is 17.6. The first kappa shape index (κ1) is 27.9. The van der Waals surface area contributed by atoms with Gasteiger partial charge in [0.1, 0.15) is 10.3 Å². The third kappa shape index (κ3) is 6.66. The van der Waals surface area contributed by atoms with Crippen LogP contribution in [0.25, 0.3) is 0 Å². The number of hydrogen-bond donors (Lipinski definition) is 2. The van der Waals surface area contributed by atoms with Crippen molar-refractivity contribution in [2.75, 3.05) is 38.0 Å². The zero-order valence-electron chi connectivity index (χ0n) is 21.9. The molecule has 2 aliphatic rings. The van der Waals surface area contributed by atoms with Gasteiger partial charge in [-0.25, -0.2) is 8.42 Å². The number of para-hydroxylation sites is 1. The predicted molar refractivity (Wildman–Crippen MR) is 147 cm³/mol. The molecule has 1 aliphatic heterocycles. The summed E-state index contributed by atoms with van der Waals surface area (Å²) < 4.78 is 35.5. The van der Waals surface area contributed by atoms with Gasteiger partial charge in [-0.3, -0.25) is 9.52 Å². The summed E-state index contributed by atoms with van der Waals surface area (Å²) >= 11 is 1.13. The van der Waals surface area contributed by atoms with Crippen LogP contribution in [0.3, 0.4) is 0 Å². The number of aliphatic hydroxyl groups is 1. The second kappa shape index (κ2) is 12.1. The van der Waals surface area contributed by atoms with E-state index in [2.05, 4.69) is 16.7 Å². The molecule has 1 fully saturated rings. The van der Waals surface area contributed by atoms with Gasteiger partial charge in [0.2, 0.25) is 0 Å². The summed E-state index contributed by atoms with van der Waals surface area (Å²) in [6.07, 6.45) is 6.11. The van der Waals surface area contributed by atoms with E-state index in [-0.39, 0.29) is 46.2 Å². The van der Waals surface area contributed by atoms with E-state index in [1.165, 1.54) is 32.1 Å². The second-order valence-corrected chi connectivity index (χ2v) is 13.4. The van der Waals surface area contributed by atoms with E-state index in [0.29, 0.717) is 24.6 Å². The van der Waals surface area contributed by atoms with Crippen LogP contribution >= 0.6 is 11.3 Å².